The van der Waals surface area contributed by atoms with Crippen LogP contribution in [0.4, 0.5) is 0 Å². The number of hydrogen-bond acceptors (Lipinski definition) is 3. The van der Waals surface area contributed by atoms with Crippen molar-refractivity contribution < 1.29 is 4.79 Å². The highest BCUT2D eigenvalue weighted by Crippen LogP contribution is 2.15. The third-order valence-electron chi connectivity index (χ3n) is 4.36. The van der Waals surface area contributed by atoms with Crippen molar-refractivity contribution in [3.8, 4) is 0 Å². The van der Waals surface area contributed by atoms with Gasteiger partial charge in [0.1, 0.15) is 6.54 Å². The zero-order valence-electron chi connectivity index (χ0n) is 14.1. The first-order chi connectivity index (χ1) is 12.7. The molecule has 26 heavy (non-hydrogen) atoms. The summed E-state index contributed by atoms with van der Waals surface area (Å²) in [5.74, 6) is -0.247. The molecule has 5 nitrogen and oxygen atoms in total. The second kappa shape index (κ2) is 6.80. The van der Waals surface area contributed by atoms with Crippen LogP contribution in [0.2, 0.25) is 0 Å². The number of carbonyl (C=O) groups is 1. The fourth-order valence-electron chi connectivity index (χ4n) is 2.98. The van der Waals surface area contributed by atoms with Gasteiger partial charge in [0.25, 0.3) is 5.56 Å². The Hall–Kier alpha value is -3.47. The first kappa shape index (κ1) is 16.0. The largest absolute Gasteiger partial charge is 0.350 e. The summed E-state index contributed by atoms with van der Waals surface area (Å²) >= 11 is 0. The van der Waals surface area contributed by atoms with Gasteiger partial charge in [0.05, 0.1) is 11.6 Å². The lowest BCUT2D eigenvalue weighted by Gasteiger charge is -2.08. The van der Waals surface area contributed by atoms with E-state index in [0.717, 1.165) is 21.7 Å². The van der Waals surface area contributed by atoms with Crippen LogP contribution in [0.15, 0.2) is 77.7 Å². The van der Waals surface area contributed by atoms with Gasteiger partial charge in [-0.15, -0.1) is 0 Å². The standard InChI is InChI=1S/C21H17N3O2/c25-20(14-24-21(26)19-8-4-3-7-18(19)13-23-24)22-12-15-9-10-16-5-1-2-6-17(16)11-15/h1-11,13H,12,14H2,(H,22,25). The fourth-order valence-corrected chi connectivity index (χ4v) is 2.98. The number of hydrogen-bond donors (Lipinski definition) is 1. The summed E-state index contributed by atoms with van der Waals surface area (Å²) in [5, 5.41) is 10.6. The normalized spacial score (nSPS) is 10.9. The van der Waals surface area contributed by atoms with Crippen LogP contribution in [-0.4, -0.2) is 15.7 Å². The van der Waals surface area contributed by atoms with Crippen molar-refractivity contribution in [2.45, 2.75) is 13.1 Å². The minimum absolute atomic E-state index is 0.1000. The highest BCUT2D eigenvalue weighted by atomic mass is 16.2. The van der Waals surface area contributed by atoms with E-state index in [1.165, 1.54) is 4.68 Å². The van der Waals surface area contributed by atoms with E-state index >= 15 is 0 Å². The molecule has 4 aromatic rings. The van der Waals surface area contributed by atoms with Crippen LogP contribution in [-0.2, 0) is 17.9 Å². The van der Waals surface area contributed by atoms with Gasteiger partial charge in [0, 0.05) is 11.9 Å². The maximum absolute atomic E-state index is 12.4. The van der Waals surface area contributed by atoms with Crippen molar-refractivity contribution in [1.82, 2.24) is 15.1 Å². The van der Waals surface area contributed by atoms with E-state index in [2.05, 4.69) is 22.5 Å². The molecule has 0 atom stereocenters. The number of nitrogens with one attached hydrogen (secondary N) is 1. The Labute approximate surface area is 149 Å². The molecule has 0 spiro atoms. The highest BCUT2D eigenvalue weighted by Gasteiger charge is 2.08. The minimum atomic E-state index is -0.260. The molecule has 0 radical (unpaired) electrons. The first-order valence-electron chi connectivity index (χ1n) is 8.40. The lowest BCUT2D eigenvalue weighted by atomic mass is 10.1. The first-order valence-corrected chi connectivity index (χ1v) is 8.40. The molecule has 0 aliphatic rings. The lowest BCUT2D eigenvalue weighted by molar-refractivity contribution is -0.122. The Balaban J connectivity index is 1.47. The smallest absolute Gasteiger partial charge is 0.275 e. The molecule has 1 aromatic heterocycles. The van der Waals surface area contributed by atoms with E-state index in [1.54, 1.807) is 18.3 Å². The van der Waals surface area contributed by atoms with Crippen molar-refractivity contribution in [2.24, 2.45) is 0 Å². The summed E-state index contributed by atoms with van der Waals surface area (Å²) < 4.78 is 1.19. The van der Waals surface area contributed by atoms with Crippen molar-refractivity contribution in [1.29, 1.82) is 0 Å². The summed E-state index contributed by atoms with van der Waals surface area (Å²) in [7, 11) is 0. The van der Waals surface area contributed by atoms with Gasteiger partial charge in [-0.2, -0.15) is 5.10 Å². The average Bonchev–Trinajstić information content (AvgIpc) is 2.68. The molecule has 0 saturated carbocycles. The molecule has 128 valence electrons. The Kier molecular flexibility index (Phi) is 4.19. The predicted octanol–water partition coefficient (Wildman–Crippen LogP) is 2.87. The van der Waals surface area contributed by atoms with E-state index in [0.29, 0.717) is 11.9 Å². The lowest BCUT2D eigenvalue weighted by Crippen LogP contribution is -2.33. The average molecular weight is 343 g/mol. The third-order valence-corrected chi connectivity index (χ3v) is 4.36. The number of fused-ring (bicyclic) bond motifs is 2. The molecule has 1 N–H and O–H groups in total. The van der Waals surface area contributed by atoms with Crippen molar-refractivity contribution in [3.05, 3.63) is 88.8 Å². The maximum atomic E-state index is 12.4. The summed E-state index contributed by atoms with van der Waals surface area (Å²) in [5.41, 5.74) is 0.750. The summed E-state index contributed by atoms with van der Waals surface area (Å²) in [6.45, 7) is 0.309. The second-order valence-electron chi connectivity index (χ2n) is 6.15. The van der Waals surface area contributed by atoms with E-state index < -0.39 is 0 Å². The summed E-state index contributed by atoms with van der Waals surface area (Å²) in [6.07, 6.45) is 1.60. The number of nitrogens with zero attached hydrogens (tertiary/aromatic N) is 2. The van der Waals surface area contributed by atoms with Gasteiger partial charge in [-0.3, -0.25) is 9.59 Å². The van der Waals surface area contributed by atoms with Gasteiger partial charge in [0.15, 0.2) is 0 Å². The molecule has 0 saturated heterocycles. The molecule has 0 unspecified atom stereocenters. The zero-order valence-corrected chi connectivity index (χ0v) is 14.1. The number of amides is 1. The van der Waals surface area contributed by atoms with Crippen LogP contribution in [0, 0.1) is 0 Å². The number of benzene rings is 3. The van der Waals surface area contributed by atoms with Crippen LogP contribution in [0.3, 0.4) is 0 Å². The van der Waals surface area contributed by atoms with E-state index in [9.17, 15) is 9.59 Å². The fraction of sp³-hybridized carbons (Fsp3) is 0.0952. The van der Waals surface area contributed by atoms with Gasteiger partial charge < -0.3 is 5.32 Å². The topological polar surface area (TPSA) is 64.0 Å². The SMILES string of the molecule is O=C(Cn1ncc2ccccc2c1=O)NCc1ccc2ccccc2c1. The molecule has 1 heterocycles. The quantitative estimate of drug-likeness (QED) is 0.620. The van der Waals surface area contributed by atoms with Gasteiger partial charge in [0.2, 0.25) is 5.91 Å². The van der Waals surface area contributed by atoms with Gasteiger partial charge in [-0.25, -0.2) is 4.68 Å². The van der Waals surface area contributed by atoms with Crippen LogP contribution < -0.4 is 10.9 Å². The number of rotatable bonds is 4. The molecule has 3 aromatic carbocycles. The van der Waals surface area contributed by atoms with Gasteiger partial charge in [-0.1, -0.05) is 54.6 Å². The molecule has 1 amide bonds. The molecule has 0 aliphatic carbocycles. The zero-order chi connectivity index (χ0) is 17.9. The Morgan fingerprint density at radius 1 is 0.923 bits per heavy atom. The van der Waals surface area contributed by atoms with E-state index in [4.69, 9.17) is 0 Å². The van der Waals surface area contributed by atoms with Crippen LogP contribution in [0.5, 0.6) is 0 Å². The second-order valence-corrected chi connectivity index (χ2v) is 6.15. The van der Waals surface area contributed by atoms with Crippen molar-refractivity contribution in [3.63, 3.8) is 0 Å². The summed E-state index contributed by atoms with van der Waals surface area (Å²) in [6, 6.07) is 21.4. The van der Waals surface area contributed by atoms with Crippen LogP contribution in [0.25, 0.3) is 21.5 Å². The van der Waals surface area contributed by atoms with Gasteiger partial charge in [-0.05, 0) is 28.5 Å². The van der Waals surface area contributed by atoms with Crippen molar-refractivity contribution in [2.75, 3.05) is 0 Å². The van der Waals surface area contributed by atoms with E-state index in [1.807, 2.05) is 42.5 Å². The maximum Gasteiger partial charge on any atom is 0.275 e. The number of aromatic nitrogens is 2. The van der Waals surface area contributed by atoms with Gasteiger partial charge >= 0.3 is 0 Å². The van der Waals surface area contributed by atoms with E-state index in [-0.39, 0.29) is 18.0 Å². The van der Waals surface area contributed by atoms with Crippen LogP contribution in [0.1, 0.15) is 5.56 Å². The number of carbonyl (C=O) groups excluding carboxylic acids is 1. The Morgan fingerprint density at radius 3 is 2.50 bits per heavy atom. The molecule has 5 heteroatoms. The third kappa shape index (κ3) is 3.19. The molecule has 0 bridgehead atoms. The Bertz CT molecular complexity index is 1160. The molecule has 0 aliphatic heterocycles. The molecule has 0 fully saturated rings. The van der Waals surface area contributed by atoms with Crippen molar-refractivity contribution >= 4 is 27.5 Å². The monoisotopic (exact) mass is 343 g/mol. The predicted molar refractivity (Wildman–Crippen MR) is 102 cm³/mol. The molecular weight excluding hydrogens is 326 g/mol. The Morgan fingerprint density at radius 2 is 1.65 bits per heavy atom. The highest BCUT2D eigenvalue weighted by molar-refractivity contribution is 5.83. The molecule has 4 rings (SSSR count). The van der Waals surface area contributed by atoms with Crippen LogP contribution >= 0.6 is 0 Å². The summed E-state index contributed by atoms with van der Waals surface area (Å²) in [4.78, 5) is 24.6. The minimum Gasteiger partial charge on any atom is -0.350 e. The molecular formula is C21H17N3O2.